The Balaban J connectivity index is 1.86. The molecule has 1 aromatic rings. The first-order valence-electron chi connectivity index (χ1n) is 4.87. The lowest BCUT2D eigenvalue weighted by molar-refractivity contribution is 0.0704. The fourth-order valence-electron chi connectivity index (χ4n) is 1.58. The molecule has 1 unspecified atom stereocenters. The average Bonchev–Trinajstić information content (AvgIpc) is 2.63. The van der Waals surface area contributed by atoms with Gasteiger partial charge in [-0.15, -0.1) is 0 Å². The average molecular weight is 253 g/mol. The van der Waals surface area contributed by atoms with Crippen LogP contribution in [0.1, 0.15) is 18.4 Å². The third kappa shape index (κ3) is 2.46. The Morgan fingerprint density at radius 3 is 2.71 bits per heavy atom. The molecule has 0 amide bonds. The maximum absolute atomic E-state index is 5.79. The maximum Gasteiger partial charge on any atom is 0.0893 e. The van der Waals surface area contributed by atoms with Crippen molar-refractivity contribution >= 4 is 15.9 Å². The smallest absolute Gasteiger partial charge is 0.0893 e. The summed E-state index contributed by atoms with van der Waals surface area (Å²) in [5.74, 6) is 0. The van der Waals surface area contributed by atoms with Crippen molar-refractivity contribution in [3.63, 3.8) is 0 Å². The predicted octanol–water partition coefficient (Wildman–Crippen LogP) is 3.64. The van der Waals surface area contributed by atoms with Crippen molar-refractivity contribution in [2.45, 2.75) is 25.6 Å². The Kier molecular flexibility index (Phi) is 3.38. The molecule has 0 aliphatic heterocycles. The molecule has 0 N–H and O–H groups in total. The monoisotopic (exact) mass is 252 g/mol. The zero-order valence-electron chi connectivity index (χ0n) is 7.95. The number of allylic oxidation sites excluding steroid dienone is 1. The van der Waals surface area contributed by atoms with E-state index in [0.717, 1.165) is 12.8 Å². The van der Waals surface area contributed by atoms with Gasteiger partial charge in [-0.3, -0.25) is 0 Å². The van der Waals surface area contributed by atoms with Crippen LogP contribution >= 0.6 is 15.9 Å². The van der Waals surface area contributed by atoms with Crippen LogP contribution in [0.5, 0.6) is 0 Å². The Morgan fingerprint density at radius 1 is 1.29 bits per heavy atom. The summed E-state index contributed by atoms with van der Waals surface area (Å²) in [6.45, 7) is 0.703. The Bertz CT molecular complexity index is 318. The van der Waals surface area contributed by atoms with Crippen LogP contribution in [0, 0.1) is 0 Å². The highest BCUT2D eigenvalue weighted by atomic mass is 79.9. The first kappa shape index (κ1) is 9.94. The summed E-state index contributed by atoms with van der Waals surface area (Å²) in [7, 11) is 0. The zero-order valence-corrected chi connectivity index (χ0v) is 9.53. The molecule has 0 heterocycles. The fraction of sp³-hybridized carbons (Fsp3) is 0.333. The van der Waals surface area contributed by atoms with Crippen molar-refractivity contribution in [1.82, 2.24) is 0 Å². The second-order valence-electron chi connectivity index (χ2n) is 3.45. The molecule has 0 saturated carbocycles. The van der Waals surface area contributed by atoms with Crippen LogP contribution in [0.2, 0.25) is 0 Å². The van der Waals surface area contributed by atoms with Gasteiger partial charge in [0.25, 0.3) is 0 Å². The molecule has 0 spiro atoms. The fourth-order valence-corrected chi connectivity index (χ4v) is 2.17. The molecule has 1 aliphatic carbocycles. The zero-order chi connectivity index (χ0) is 9.80. The summed E-state index contributed by atoms with van der Waals surface area (Å²) in [6.07, 6.45) is 4.69. The molecule has 0 fully saturated rings. The van der Waals surface area contributed by atoms with Crippen molar-refractivity contribution in [2.24, 2.45) is 0 Å². The molecule has 1 aliphatic rings. The molecule has 0 aromatic heterocycles. The quantitative estimate of drug-likeness (QED) is 0.799. The molecule has 0 radical (unpaired) electrons. The molecule has 2 heteroatoms. The van der Waals surface area contributed by atoms with Crippen LogP contribution in [-0.2, 0) is 11.3 Å². The number of hydrogen-bond acceptors (Lipinski definition) is 1. The van der Waals surface area contributed by atoms with E-state index in [0.29, 0.717) is 6.61 Å². The van der Waals surface area contributed by atoms with Crippen molar-refractivity contribution in [3.05, 3.63) is 46.5 Å². The van der Waals surface area contributed by atoms with Gasteiger partial charge in [0.2, 0.25) is 0 Å². The summed E-state index contributed by atoms with van der Waals surface area (Å²) in [5, 5.41) is 0. The van der Waals surface area contributed by atoms with Crippen molar-refractivity contribution in [2.75, 3.05) is 0 Å². The molecule has 1 nitrogen and oxygen atoms in total. The molecule has 1 atom stereocenters. The Labute approximate surface area is 92.9 Å². The van der Waals surface area contributed by atoms with Gasteiger partial charge < -0.3 is 4.74 Å². The van der Waals surface area contributed by atoms with Gasteiger partial charge in [-0.1, -0.05) is 52.3 Å². The minimum atomic E-state index is 0.273. The van der Waals surface area contributed by atoms with Crippen LogP contribution in [0.4, 0.5) is 0 Å². The number of rotatable bonds is 3. The van der Waals surface area contributed by atoms with Crippen LogP contribution in [-0.4, -0.2) is 6.10 Å². The van der Waals surface area contributed by atoms with Crippen molar-refractivity contribution in [3.8, 4) is 0 Å². The van der Waals surface area contributed by atoms with E-state index in [1.807, 2.05) is 18.2 Å². The van der Waals surface area contributed by atoms with Gasteiger partial charge in [0.15, 0.2) is 0 Å². The molecule has 0 saturated heterocycles. The first-order valence-corrected chi connectivity index (χ1v) is 5.66. The number of hydrogen-bond donors (Lipinski definition) is 0. The van der Waals surface area contributed by atoms with Gasteiger partial charge in [-0.25, -0.2) is 0 Å². The van der Waals surface area contributed by atoms with Gasteiger partial charge in [0.1, 0.15) is 0 Å². The first-order chi connectivity index (χ1) is 6.86. The Morgan fingerprint density at radius 2 is 2.07 bits per heavy atom. The minimum absolute atomic E-state index is 0.273. The van der Waals surface area contributed by atoms with Crippen LogP contribution in [0.25, 0.3) is 0 Å². The summed E-state index contributed by atoms with van der Waals surface area (Å²) in [4.78, 5) is 0. The van der Waals surface area contributed by atoms with E-state index in [4.69, 9.17) is 4.74 Å². The summed E-state index contributed by atoms with van der Waals surface area (Å²) < 4.78 is 6.99. The highest BCUT2D eigenvalue weighted by molar-refractivity contribution is 9.11. The second kappa shape index (κ2) is 4.76. The molecule has 1 aromatic carbocycles. The van der Waals surface area contributed by atoms with Gasteiger partial charge in [0.05, 0.1) is 12.7 Å². The van der Waals surface area contributed by atoms with E-state index in [1.165, 1.54) is 10.0 Å². The van der Waals surface area contributed by atoms with Gasteiger partial charge in [-0.2, -0.15) is 0 Å². The van der Waals surface area contributed by atoms with E-state index < -0.39 is 0 Å². The number of ether oxygens (including phenoxy) is 1. The highest BCUT2D eigenvalue weighted by Gasteiger charge is 2.17. The normalized spacial score (nSPS) is 20.9. The Hall–Kier alpha value is -0.600. The summed E-state index contributed by atoms with van der Waals surface area (Å²) in [5.41, 5.74) is 1.24. The third-order valence-electron chi connectivity index (χ3n) is 2.37. The predicted molar refractivity (Wildman–Crippen MR) is 61.3 cm³/mol. The summed E-state index contributed by atoms with van der Waals surface area (Å²) in [6, 6.07) is 10.3. The van der Waals surface area contributed by atoms with Crippen molar-refractivity contribution < 1.29 is 4.74 Å². The lowest BCUT2D eigenvalue weighted by Crippen LogP contribution is -2.08. The minimum Gasteiger partial charge on any atom is -0.368 e. The lowest BCUT2D eigenvalue weighted by Gasteiger charge is -2.12. The van der Waals surface area contributed by atoms with E-state index in [9.17, 15) is 0 Å². The van der Waals surface area contributed by atoms with Crippen LogP contribution < -0.4 is 0 Å². The van der Waals surface area contributed by atoms with E-state index in [2.05, 4.69) is 34.1 Å². The third-order valence-corrected chi connectivity index (χ3v) is 3.20. The van der Waals surface area contributed by atoms with Gasteiger partial charge >= 0.3 is 0 Å². The maximum atomic E-state index is 5.79. The van der Waals surface area contributed by atoms with Gasteiger partial charge in [-0.05, 0) is 18.4 Å². The largest absolute Gasteiger partial charge is 0.368 e. The van der Waals surface area contributed by atoms with Crippen molar-refractivity contribution in [1.29, 1.82) is 0 Å². The summed E-state index contributed by atoms with van der Waals surface area (Å²) >= 11 is 3.51. The second-order valence-corrected chi connectivity index (χ2v) is 4.37. The topological polar surface area (TPSA) is 9.23 Å². The van der Waals surface area contributed by atoms with E-state index in [-0.39, 0.29) is 6.10 Å². The van der Waals surface area contributed by atoms with E-state index in [1.54, 1.807) is 0 Å². The van der Waals surface area contributed by atoms with E-state index >= 15 is 0 Å². The molecular weight excluding hydrogens is 240 g/mol. The number of halogens is 1. The highest BCUT2D eigenvalue weighted by Crippen LogP contribution is 2.27. The number of benzene rings is 1. The SMILES string of the molecule is BrC1=CCCC1OCc1ccccc1. The molecule has 2 rings (SSSR count). The molecular formula is C12H13BrO. The lowest BCUT2D eigenvalue weighted by atomic mass is 10.2. The van der Waals surface area contributed by atoms with Crippen LogP contribution in [0.15, 0.2) is 40.9 Å². The molecule has 14 heavy (non-hydrogen) atoms. The van der Waals surface area contributed by atoms with Gasteiger partial charge in [0, 0.05) is 4.48 Å². The standard InChI is InChI=1S/C12H13BrO/c13-11-7-4-8-12(11)14-9-10-5-2-1-3-6-10/h1-3,5-7,12H,4,8-9H2. The molecule has 0 bridgehead atoms. The van der Waals surface area contributed by atoms with Crippen LogP contribution in [0.3, 0.4) is 0 Å². The molecule has 74 valence electrons.